The topological polar surface area (TPSA) is 57.9 Å². The zero-order valence-corrected chi connectivity index (χ0v) is 10.4. The van der Waals surface area contributed by atoms with Crippen molar-refractivity contribution in [3.63, 3.8) is 0 Å². The maximum absolute atomic E-state index is 11.7. The van der Waals surface area contributed by atoms with E-state index in [0.717, 1.165) is 5.39 Å². The average Bonchev–Trinajstić information content (AvgIpc) is 2.39. The lowest BCUT2D eigenvalue weighted by Gasteiger charge is -2.25. The van der Waals surface area contributed by atoms with Crippen molar-refractivity contribution < 1.29 is 18.6 Å². The second kappa shape index (κ2) is 4.80. The number of hydrogen-bond donors (Lipinski definition) is 0. The minimum absolute atomic E-state index is 0.0416. The predicted molar refractivity (Wildman–Crippen MR) is 65.5 cm³/mol. The van der Waals surface area contributed by atoms with Gasteiger partial charge in [-0.25, -0.2) is 4.79 Å². The summed E-state index contributed by atoms with van der Waals surface area (Å²) in [5.74, 6) is -1.28. The molecular formula is C13H14O5. The Bertz CT molecular complexity index is 598. The second-order valence-electron chi connectivity index (χ2n) is 3.81. The third kappa shape index (κ3) is 2.37. The fourth-order valence-corrected chi connectivity index (χ4v) is 1.48. The van der Waals surface area contributed by atoms with Crippen molar-refractivity contribution in [2.45, 2.75) is 12.9 Å². The van der Waals surface area contributed by atoms with Gasteiger partial charge in [0.1, 0.15) is 5.58 Å². The quantitative estimate of drug-likeness (QED) is 0.614. The van der Waals surface area contributed by atoms with Gasteiger partial charge in [0.05, 0.1) is 0 Å². The molecule has 0 unspecified atom stereocenters. The van der Waals surface area contributed by atoms with Gasteiger partial charge in [-0.15, -0.1) is 0 Å². The van der Waals surface area contributed by atoms with Crippen LogP contribution >= 0.6 is 0 Å². The Balaban J connectivity index is 2.45. The highest BCUT2D eigenvalue weighted by atomic mass is 16.9. The summed E-state index contributed by atoms with van der Waals surface area (Å²) in [6, 6.07) is 8.77. The van der Waals surface area contributed by atoms with Crippen LogP contribution in [0.25, 0.3) is 11.0 Å². The van der Waals surface area contributed by atoms with Gasteiger partial charge in [0.2, 0.25) is 5.75 Å². The Kier molecular flexibility index (Phi) is 3.36. The number of ether oxygens (including phenoxy) is 3. The monoisotopic (exact) mass is 250 g/mol. The minimum atomic E-state index is -1.32. The van der Waals surface area contributed by atoms with E-state index in [1.165, 1.54) is 14.2 Å². The summed E-state index contributed by atoms with van der Waals surface area (Å²) < 4.78 is 20.6. The van der Waals surface area contributed by atoms with E-state index in [1.54, 1.807) is 25.1 Å². The lowest BCUT2D eigenvalue weighted by atomic mass is 10.2. The zero-order chi connectivity index (χ0) is 13.2. The van der Waals surface area contributed by atoms with Crippen molar-refractivity contribution in [1.29, 1.82) is 0 Å². The van der Waals surface area contributed by atoms with Crippen molar-refractivity contribution in [2.24, 2.45) is 0 Å². The van der Waals surface area contributed by atoms with Gasteiger partial charge in [-0.05, 0) is 12.1 Å². The molecule has 2 aromatic rings. The molecule has 0 saturated carbocycles. The van der Waals surface area contributed by atoms with Crippen LogP contribution in [-0.4, -0.2) is 20.2 Å². The van der Waals surface area contributed by atoms with Crippen molar-refractivity contribution >= 4 is 11.0 Å². The second-order valence-corrected chi connectivity index (χ2v) is 3.81. The fraction of sp³-hybridized carbons (Fsp3) is 0.308. The number of methoxy groups -OCH3 is 2. The molecule has 0 fully saturated rings. The Hall–Kier alpha value is -1.85. The lowest BCUT2D eigenvalue weighted by Crippen LogP contribution is -2.37. The summed E-state index contributed by atoms with van der Waals surface area (Å²) in [5.41, 5.74) is -0.0691. The van der Waals surface area contributed by atoms with E-state index in [0.29, 0.717) is 5.58 Å². The Morgan fingerprint density at radius 3 is 2.50 bits per heavy atom. The first-order chi connectivity index (χ1) is 8.58. The molecule has 0 spiro atoms. The van der Waals surface area contributed by atoms with E-state index in [2.05, 4.69) is 0 Å². The zero-order valence-electron chi connectivity index (χ0n) is 10.4. The smallest absolute Gasteiger partial charge is 0.379 e. The van der Waals surface area contributed by atoms with Crippen LogP contribution in [0.3, 0.4) is 0 Å². The molecule has 0 aliphatic heterocycles. The van der Waals surface area contributed by atoms with Crippen molar-refractivity contribution in [3.8, 4) is 5.75 Å². The molecule has 0 N–H and O–H groups in total. The van der Waals surface area contributed by atoms with Crippen LogP contribution in [0.5, 0.6) is 5.75 Å². The van der Waals surface area contributed by atoms with E-state index in [9.17, 15) is 4.79 Å². The summed E-state index contributed by atoms with van der Waals surface area (Å²) in [5, 5.41) is 0.765. The lowest BCUT2D eigenvalue weighted by molar-refractivity contribution is -0.309. The van der Waals surface area contributed by atoms with E-state index in [-0.39, 0.29) is 5.75 Å². The van der Waals surface area contributed by atoms with Gasteiger partial charge in [0.25, 0.3) is 0 Å². The Morgan fingerprint density at radius 1 is 1.17 bits per heavy atom. The van der Waals surface area contributed by atoms with Crippen LogP contribution in [0.4, 0.5) is 0 Å². The molecule has 0 amide bonds. The number of hydrogen-bond acceptors (Lipinski definition) is 5. The van der Waals surface area contributed by atoms with Gasteiger partial charge >= 0.3 is 11.6 Å². The average molecular weight is 250 g/mol. The van der Waals surface area contributed by atoms with Gasteiger partial charge in [-0.3, -0.25) is 0 Å². The first-order valence-corrected chi connectivity index (χ1v) is 5.40. The first-order valence-electron chi connectivity index (χ1n) is 5.40. The highest BCUT2D eigenvalue weighted by Gasteiger charge is 2.27. The molecule has 0 atom stereocenters. The summed E-state index contributed by atoms with van der Waals surface area (Å²) in [6.07, 6.45) is 0. The van der Waals surface area contributed by atoms with E-state index >= 15 is 0 Å². The Morgan fingerprint density at radius 2 is 1.83 bits per heavy atom. The van der Waals surface area contributed by atoms with Gasteiger partial charge in [0.15, 0.2) is 0 Å². The van der Waals surface area contributed by atoms with Crippen LogP contribution in [0.15, 0.2) is 39.5 Å². The number of benzene rings is 1. The molecule has 18 heavy (non-hydrogen) atoms. The van der Waals surface area contributed by atoms with Gasteiger partial charge in [-0.1, -0.05) is 18.2 Å². The molecule has 0 bridgehead atoms. The molecule has 5 nitrogen and oxygen atoms in total. The number of para-hydroxylation sites is 1. The molecule has 1 aromatic carbocycles. The van der Waals surface area contributed by atoms with Crippen LogP contribution in [-0.2, 0) is 9.47 Å². The summed E-state index contributed by atoms with van der Waals surface area (Å²) in [4.78, 5) is 11.7. The first kappa shape index (κ1) is 12.6. The fourth-order valence-electron chi connectivity index (χ4n) is 1.48. The highest BCUT2D eigenvalue weighted by Crippen LogP contribution is 2.21. The molecule has 96 valence electrons. The summed E-state index contributed by atoms with van der Waals surface area (Å²) >= 11 is 0. The van der Waals surface area contributed by atoms with Crippen molar-refractivity contribution in [1.82, 2.24) is 0 Å². The summed E-state index contributed by atoms with van der Waals surface area (Å²) in [6.45, 7) is 1.56. The third-order valence-corrected chi connectivity index (χ3v) is 2.65. The predicted octanol–water partition coefficient (Wildman–Crippen LogP) is 2.14. The van der Waals surface area contributed by atoms with E-state index < -0.39 is 11.6 Å². The van der Waals surface area contributed by atoms with Crippen LogP contribution < -0.4 is 10.4 Å². The van der Waals surface area contributed by atoms with Crippen LogP contribution in [0, 0.1) is 0 Å². The molecule has 0 radical (unpaired) electrons. The molecule has 5 heteroatoms. The number of fused-ring (bicyclic) bond motifs is 1. The minimum Gasteiger partial charge on any atom is -0.431 e. The SMILES string of the molecule is COC(C)(OC)Oc1cc2ccccc2oc1=O. The third-order valence-electron chi connectivity index (χ3n) is 2.65. The maximum Gasteiger partial charge on any atom is 0.379 e. The molecule has 2 rings (SSSR count). The standard InChI is InChI=1S/C13H14O5/c1-13(15-2,16-3)18-11-8-9-6-4-5-7-10(9)17-12(11)14/h4-8H,1-3H3. The van der Waals surface area contributed by atoms with E-state index in [4.69, 9.17) is 18.6 Å². The molecular weight excluding hydrogens is 236 g/mol. The van der Waals surface area contributed by atoms with Gasteiger partial charge in [-0.2, -0.15) is 0 Å². The van der Waals surface area contributed by atoms with Crippen molar-refractivity contribution in [3.05, 3.63) is 40.8 Å². The molecule has 0 aliphatic rings. The summed E-state index contributed by atoms with van der Waals surface area (Å²) in [7, 11) is 2.85. The maximum atomic E-state index is 11.7. The highest BCUT2D eigenvalue weighted by molar-refractivity contribution is 5.77. The van der Waals surface area contributed by atoms with Crippen LogP contribution in [0.1, 0.15) is 6.92 Å². The Labute approximate surface area is 104 Å². The largest absolute Gasteiger partial charge is 0.431 e. The normalized spacial score (nSPS) is 11.7. The van der Waals surface area contributed by atoms with Gasteiger partial charge < -0.3 is 18.6 Å². The van der Waals surface area contributed by atoms with Gasteiger partial charge in [0, 0.05) is 26.5 Å². The van der Waals surface area contributed by atoms with Crippen LogP contribution in [0.2, 0.25) is 0 Å². The van der Waals surface area contributed by atoms with Crippen molar-refractivity contribution in [2.75, 3.05) is 14.2 Å². The molecule has 0 saturated heterocycles. The molecule has 1 heterocycles. The molecule has 1 aromatic heterocycles. The van der Waals surface area contributed by atoms with E-state index in [1.807, 2.05) is 12.1 Å². The number of rotatable bonds is 4. The molecule has 0 aliphatic carbocycles.